The maximum absolute atomic E-state index is 13.0. The van der Waals surface area contributed by atoms with Crippen molar-refractivity contribution >= 4 is 11.7 Å². The third kappa shape index (κ3) is 5.91. The van der Waals surface area contributed by atoms with E-state index in [0.29, 0.717) is 30.7 Å². The van der Waals surface area contributed by atoms with E-state index < -0.39 is 17.7 Å². The normalized spacial score (nSPS) is 14.2. The maximum Gasteiger partial charge on any atom is 0.416 e. The summed E-state index contributed by atoms with van der Waals surface area (Å²) in [5.74, 6) is -0.120. The minimum Gasteiger partial charge on any atom is -0.481 e. The highest BCUT2D eigenvalue weighted by molar-refractivity contribution is 5.77. The summed E-state index contributed by atoms with van der Waals surface area (Å²) in [5, 5.41) is 13.4. The topological polar surface area (TPSA) is 66.6 Å². The van der Waals surface area contributed by atoms with Gasteiger partial charge in [0, 0.05) is 24.6 Å². The van der Waals surface area contributed by atoms with E-state index in [1.165, 1.54) is 12.1 Å². The molecular weight excluding hydrogens is 517 g/mol. The molecule has 0 bridgehead atoms. The smallest absolute Gasteiger partial charge is 0.416 e. The Morgan fingerprint density at radius 2 is 1.62 bits per heavy atom. The first-order valence-electron chi connectivity index (χ1n) is 13.3. The van der Waals surface area contributed by atoms with Gasteiger partial charge in [0.05, 0.1) is 12.0 Å². The molecule has 0 saturated heterocycles. The van der Waals surface area contributed by atoms with E-state index >= 15 is 0 Å². The van der Waals surface area contributed by atoms with Crippen LogP contribution in [0.2, 0.25) is 0 Å². The Hall–Kier alpha value is -4.07. The van der Waals surface area contributed by atoms with Crippen LogP contribution in [0, 0.1) is 6.92 Å². The molecule has 0 spiro atoms. The number of carboxylic acids is 1. The molecular formula is C32H31F3N2O3. The third-order valence-corrected chi connectivity index (χ3v) is 7.75. The van der Waals surface area contributed by atoms with Crippen LogP contribution in [-0.2, 0) is 22.8 Å². The van der Waals surface area contributed by atoms with Gasteiger partial charge in [0.15, 0.2) is 5.76 Å². The van der Waals surface area contributed by atoms with Crippen LogP contribution in [0.15, 0.2) is 77.3 Å². The van der Waals surface area contributed by atoms with Gasteiger partial charge in [0.25, 0.3) is 0 Å². The van der Waals surface area contributed by atoms with Crippen molar-refractivity contribution in [3.63, 3.8) is 0 Å². The molecule has 5 rings (SSSR count). The highest BCUT2D eigenvalue weighted by atomic mass is 19.4. The number of alkyl halides is 3. The van der Waals surface area contributed by atoms with Gasteiger partial charge in [-0.15, -0.1) is 0 Å². The van der Waals surface area contributed by atoms with Crippen LogP contribution < -0.4 is 4.90 Å². The molecule has 40 heavy (non-hydrogen) atoms. The Morgan fingerprint density at radius 1 is 1.00 bits per heavy atom. The number of aromatic nitrogens is 1. The predicted octanol–water partition coefficient (Wildman–Crippen LogP) is 7.91. The number of hydrogen-bond donors (Lipinski definition) is 1. The van der Waals surface area contributed by atoms with Crippen LogP contribution in [-0.4, -0.2) is 29.8 Å². The van der Waals surface area contributed by atoms with Crippen molar-refractivity contribution in [2.45, 2.75) is 50.6 Å². The lowest BCUT2D eigenvalue weighted by molar-refractivity contribution is -0.138. The fraction of sp³-hybridized carbons (Fsp3) is 0.312. The highest BCUT2D eigenvalue weighted by Crippen LogP contribution is 2.51. The van der Waals surface area contributed by atoms with Crippen molar-refractivity contribution in [1.29, 1.82) is 0 Å². The molecule has 3 aromatic carbocycles. The predicted molar refractivity (Wildman–Crippen MR) is 148 cm³/mol. The second-order valence-corrected chi connectivity index (χ2v) is 10.7. The zero-order valence-electron chi connectivity index (χ0n) is 22.5. The number of halogens is 3. The molecule has 1 aromatic heterocycles. The van der Waals surface area contributed by atoms with E-state index in [2.05, 4.69) is 5.16 Å². The summed E-state index contributed by atoms with van der Waals surface area (Å²) in [7, 11) is 1.93. The van der Waals surface area contributed by atoms with Gasteiger partial charge in [0.2, 0.25) is 0 Å². The lowest BCUT2D eigenvalue weighted by Gasteiger charge is -2.19. The van der Waals surface area contributed by atoms with Gasteiger partial charge in [0.1, 0.15) is 11.4 Å². The van der Waals surface area contributed by atoms with Gasteiger partial charge in [-0.3, -0.25) is 4.79 Å². The zero-order chi connectivity index (χ0) is 28.5. The summed E-state index contributed by atoms with van der Waals surface area (Å²) < 4.78 is 44.8. The van der Waals surface area contributed by atoms with Crippen LogP contribution in [0.4, 0.5) is 18.9 Å². The number of anilines is 1. The molecule has 1 fully saturated rings. The van der Waals surface area contributed by atoms with Gasteiger partial charge < -0.3 is 14.5 Å². The van der Waals surface area contributed by atoms with E-state index in [4.69, 9.17) is 4.52 Å². The average Bonchev–Trinajstić information content (AvgIpc) is 3.60. The van der Waals surface area contributed by atoms with Crippen molar-refractivity contribution in [3.05, 3.63) is 95.2 Å². The molecule has 1 saturated carbocycles. The number of aryl methyl sites for hydroxylation is 2. The van der Waals surface area contributed by atoms with Crippen molar-refractivity contribution in [3.8, 4) is 22.5 Å². The second-order valence-electron chi connectivity index (χ2n) is 10.7. The molecule has 0 atom stereocenters. The van der Waals surface area contributed by atoms with Crippen molar-refractivity contribution in [2.24, 2.45) is 0 Å². The molecule has 1 aliphatic carbocycles. The molecule has 208 valence electrons. The zero-order valence-corrected chi connectivity index (χ0v) is 22.5. The number of carbonyl (C=O) groups is 1. The number of hydrogen-bond acceptors (Lipinski definition) is 4. The molecule has 0 aliphatic heterocycles. The molecule has 4 aromatic rings. The number of carboxylic acid groups (broad SMARTS) is 1. The Morgan fingerprint density at radius 3 is 2.23 bits per heavy atom. The minimum atomic E-state index is -4.35. The number of benzene rings is 3. The maximum atomic E-state index is 13.0. The van der Waals surface area contributed by atoms with Crippen molar-refractivity contribution in [1.82, 2.24) is 5.16 Å². The molecule has 0 unspecified atom stereocenters. The van der Waals surface area contributed by atoms with E-state index in [1.807, 2.05) is 67.4 Å². The first kappa shape index (κ1) is 27.5. The first-order valence-corrected chi connectivity index (χ1v) is 13.3. The van der Waals surface area contributed by atoms with E-state index in [1.54, 1.807) is 6.07 Å². The largest absolute Gasteiger partial charge is 0.481 e. The summed E-state index contributed by atoms with van der Waals surface area (Å²) >= 11 is 0. The lowest BCUT2D eigenvalue weighted by Crippen LogP contribution is -2.20. The summed E-state index contributed by atoms with van der Waals surface area (Å²) in [4.78, 5) is 13.3. The van der Waals surface area contributed by atoms with Crippen LogP contribution in [0.1, 0.15) is 48.1 Å². The standard InChI is InChI=1S/C32H31F3N2O3/c1-21-29(37(2)18-4-6-22-5-3-7-27(19-22)32(33,34)35)30(40-36-21)25-10-8-23(9-11-25)24-12-14-26(15-13-24)31(16-17-31)20-28(38)39/h3,5,7-15,19H,4,6,16-18,20H2,1-2H3,(H,38,39). The SMILES string of the molecule is Cc1noc(-c2ccc(-c3ccc(C4(CC(=O)O)CC4)cc3)cc2)c1N(C)CCCc1cccc(C(F)(F)F)c1. The quantitative estimate of drug-likeness (QED) is 0.218. The van der Waals surface area contributed by atoms with E-state index in [0.717, 1.165) is 52.5 Å². The fourth-order valence-corrected chi connectivity index (χ4v) is 5.38. The summed E-state index contributed by atoms with van der Waals surface area (Å²) in [6.07, 6.45) is -1.16. The van der Waals surface area contributed by atoms with Gasteiger partial charge in [-0.1, -0.05) is 71.9 Å². The van der Waals surface area contributed by atoms with E-state index in [9.17, 15) is 23.1 Å². The third-order valence-electron chi connectivity index (χ3n) is 7.75. The van der Waals surface area contributed by atoms with Crippen molar-refractivity contribution in [2.75, 3.05) is 18.5 Å². The molecule has 1 aliphatic rings. The molecule has 0 radical (unpaired) electrons. The summed E-state index contributed by atoms with van der Waals surface area (Å²) in [6.45, 7) is 2.50. The van der Waals surface area contributed by atoms with Gasteiger partial charge >= 0.3 is 12.1 Å². The molecule has 1 N–H and O–H groups in total. The summed E-state index contributed by atoms with van der Waals surface area (Å²) in [5.41, 5.74) is 5.44. The lowest BCUT2D eigenvalue weighted by atomic mass is 9.91. The molecule has 8 heteroatoms. The first-order chi connectivity index (χ1) is 19.1. The van der Waals surface area contributed by atoms with Gasteiger partial charge in [-0.05, 0) is 60.9 Å². The molecule has 0 amide bonds. The Balaban J connectivity index is 1.25. The van der Waals surface area contributed by atoms with Gasteiger partial charge in [-0.25, -0.2) is 0 Å². The second kappa shape index (κ2) is 10.8. The average molecular weight is 549 g/mol. The Bertz CT molecular complexity index is 1490. The van der Waals surface area contributed by atoms with E-state index in [-0.39, 0.29) is 11.8 Å². The van der Waals surface area contributed by atoms with Crippen molar-refractivity contribution < 1.29 is 27.6 Å². The molecule has 1 heterocycles. The Kier molecular flexibility index (Phi) is 7.45. The van der Waals surface area contributed by atoms with Crippen LogP contribution in [0.5, 0.6) is 0 Å². The fourth-order valence-electron chi connectivity index (χ4n) is 5.38. The number of nitrogens with zero attached hydrogens (tertiary/aromatic N) is 2. The molecule has 5 nitrogen and oxygen atoms in total. The monoisotopic (exact) mass is 548 g/mol. The van der Waals surface area contributed by atoms with Gasteiger partial charge in [-0.2, -0.15) is 13.2 Å². The Labute approximate surface area is 231 Å². The summed E-state index contributed by atoms with van der Waals surface area (Å²) in [6, 6.07) is 21.6. The van der Waals surface area contributed by atoms with Crippen LogP contribution >= 0.6 is 0 Å². The number of rotatable bonds is 10. The number of aliphatic carboxylic acids is 1. The van der Waals surface area contributed by atoms with Crippen LogP contribution in [0.25, 0.3) is 22.5 Å². The minimum absolute atomic E-state index is 0.166. The van der Waals surface area contributed by atoms with Crippen LogP contribution in [0.3, 0.4) is 0 Å². The highest BCUT2D eigenvalue weighted by Gasteiger charge is 2.45.